The van der Waals surface area contributed by atoms with Crippen LogP contribution in [0.15, 0.2) is 109 Å². The summed E-state index contributed by atoms with van der Waals surface area (Å²) in [7, 11) is 0. The van der Waals surface area contributed by atoms with Crippen LogP contribution < -0.4 is 35.3 Å². The summed E-state index contributed by atoms with van der Waals surface area (Å²) in [5, 5.41) is 2.85. The van der Waals surface area contributed by atoms with Gasteiger partial charge in [-0.1, -0.05) is 0 Å². The van der Waals surface area contributed by atoms with Crippen molar-refractivity contribution in [1.82, 2.24) is 0 Å². The van der Waals surface area contributed by atoms with E-state index in [1.807, 2.05) is 0 Å². The topological polar surface area (TPSA) is 0 Å². The minimum atomic E-state index is 0. The first-order chi connectivity index (χ1) is 20.1. The van der Waals surface area contributed by atoms with E-state index in [9.17, 15) is 0 Å². The zero-order chi connectivity index (χ0) is 28.1. The molecule has 43 heavy (non-hydrogen) atoms. The molecule has 1 unspecified atom stereocenters. The van der Waals surface area contributed by atoms with E-state index in [0.29, 0.717) is 0 Å². The van der Waals surface area contributed by atoms with Crippen molar-refractivity contribution in [2.75, 3.05) is 0 Å². The van der Waals surface area contributed by atoms with Crippen molar-refractivity contribution >= 4 is 14.9 Å². The summed E-state index contributed by atoms with van der Waals surface area (Å²) < 4.78 is 1.50. The Balaban J connectivity index is 0.00000184. The van der Waals surface area contributed by atoms with Crippen LogP contribution in [0.3, 0.4) is 0 Å². The molecular weight excluding hydrogens is 643 g/mol. The van der Waals surface area contributed by atoms with Gasteiger partial charge >= 0.3 is 260 Å². The third-order valence-corrected chi connectivity index (χ3v) is 10.2. The Labute approximate surface area is 283 Å². The van der Waals surface area contributed by atoms with Gasteiger partial charge in [-0.3, -0.25) is 0 Å². The Bertz CT molecular complexity index is 1930. The van der Waals surface area contributed by atoms with E-state index in [0.717, 1.165) is 12.8 Å². The third kappa shape index (κ3) is 5.35. The second-order valence-electron chi connectivity index (χ2n) is 11.3. The maximum Gasteiger partial charge on any atom is -1.00 e. The van der Waals surface area contributed by atoms with Crippen LogP contribution in [-0.4, -0.2) is 0 Å². The average molecular weight is 676 g/mol. The van der Waals surface area contributed by atoms with Gasteiger partial charge in [0, 0.05) is 0 Å². The number of hydrogen-bond acceptors (Lipinski definition) is 0. The predicted molar refractivity (Wildman–Crippen MR) is 169 cm³/mol. The van der Waals surface area contributed by atoms with Crippen LogP contribution in [-0.2, 0) is 37.6 Å². The van der Waals surface area contributed by atoms with Gasteiger partial charge in [-0.05, 0) is 0 Å². The third-order valence-electron chi connectivity index (χ3n) is 8.88. The van der Waals surface area contributed by atoms with Gasteiger partial charge < -0.3 is 24.8 Å². The van der Waals surface area contributed by atoms with Gasteiger partial charge in [-0.15, -0.1) is 0 Å². The van der Waals surface area contributed by atoms with E-state index in [1.54, 1.807) is 0 Å². The van der Waals surface area contributed by atoms with E-state index in [-0.39, 0.29) is 30.7 Å². The summed E-state index contributed by atoms with van der Waals surface area (Å²) in [4.78, 5) is 0. The normalized spacial score (nSPS) is 14.0. The Morgan fingerprint density at radius 3 is 2.00 bits per heavy atom. The van der Waals surface area contributed by atoms with Gasteiger partial charge in [-0.2, -0.15) is 0 Å². The van der Waals surface area contributed by atoms with Crippen LogP contribution in [0.2, 0.25) is 0 Å². The molecule has 7 rings (SSSR count). The molecule has 0 saturated carbocycles. The molecule has 5 aromatic rings. The number of allylic oxidation sites excluding steroid dienone is 1. The number of halogens is 2. The molecule has 0 heterocycles. The van der Waals surface area contributed by atoms with Crippen molar-refractivity contribution in [2.24, 2.45) is 0 Å². The van der Waals surface area contributed by atoms with Crippen molar-refractivity contribution in [2.45, 2.75) is 39.5 Å². The largest absolute Gasteiger partial charge is 1.00 e. The Morgan fingerprint density at radius 1 is 0.698 bits per heavy atom. The van der Waals surface area contributed by atoms with Crippen molar-refractivity contribution in [3.8, 4) is 11.1 Å². The zero-order valence-corrected chi connectivity index (χ0v) is 28.7. The fraction of sp³-hybridized carbons (Fsp3) is 0.150. The maximum atomic E-state index is 2.53. The number of benzene rings is 5. The summed E-state index contributed by atoms with van der Waals surface area (Å²) in [6, 6.07) is 38.6. The molecule has 0 bridgehead atoms. The summed E-state index contributed by atoms with van der Waals surface area (Å²) in [5.74, 6) is 0.247. The molecule has 0 aliphatic heterocycles. The fourth-order valence-electron chi connectivity index (χ4n) is 6.92. The molecule has 0 nitrogen and oxygen atoms in total. The van der Waals surface area contributed by atoms with Crippen molar-refractivity contribution < 1.29 is 49.5 Å². The second-order valence-corrected chi connectivity index (χ2v) is 12.5. The fourth-order valence-corrected chi connectivity index (χ4v) is 8.09. The number of rotatable bonds is 5. The van der Waals surface area contributed by atoms with Crippen LogP contribution in [0.1, 0.15) is 69.8 Å². The van der Waals surface area contributed by atoms with Crippen molar-refractivity contribution in [3.63, 3.8) is 0 Å². The monoisotopic (exact) mass is 673 g/mol. The summed E-state index contributed by atoms with van der Waals surface area (Å²) in [5.41, 5.74) is 16.6. The van der Waals surface area contributed by atoms with Crippen molar-refractivity contribution in [3.05, 3.63) is 170 Å². The molecule has 5 aromatic carbocycles. The Morgan fingerprint density at radius 2 is 1.37 bits per heavy atom. The molecule has 0 radical (unpaired) electrons. The van der Waals surface area contributed by atoms with E-state index < -0.39 is 0 Å². The smallest absolute Gasteiger partial charge is 1.00 e. The first-order valence-corrected chi connectivity index (χ1v) is 16.0. The van der Waals surface area contributed by atoms with Crippen LogP contribution in [0, 0.1) is 6.92 Å². The summed E-state index contributed by atoms with van der Waals surface area (Å²) in [6.07, 6.45) is 6.84. The van der Waals surface area contributed by atoms with E-state index in [2.05, 4.69) is 136 Å². The number of aryl methyl sites for hydroxylation is 2. The molecule has 2 aliphatic carbocycles. The van der Waals surface area contributed by atoms with Gasteiger partial charge in [0.15, 0.2) is 0 Å². The predicted octanol–water partition coefficient (Wildman–Crippen LogP) is 2.22. The molecule has 0 spiro atoms. The average Bonchev–Trinajstić information content (AvgIpc) is 3.55. The molecule has 0 aromatic heterocycles. The van der Waals surface area contributed by atoms with Crippen LogP contribution in [0.4, 0.5) is 0 Å². The van der Waals surface area contributed by atoms with E-state index >= 15 is 0 Å². The van der Waals surface area contributed by atoms with Crippen LogP contribution in [0.5, 0.6) is 0 Å². The number of hydrogen-bond donors (Lipinski definition) is 0. The second kappa shape index (κ2) is 13.0. The molecule has 1 atom stereocenters. The van der Waals surface area contributed by atoms with Gasteiger partial charge in [0.2, 0.25) is 0 Å². The Kier molecular flexibility index (Phi) is 9.48. The standard InChI is InChI=1S/C40H33.2ClH.Zr/c1-4-27-17-20-33-31(23-27)24-37-36(33)25-38(39(29-12-8-6-9-13-29)30-14-10-7-11-15-30)32(5-2)40(37)34-21-19-28-18-16-26(3)22-35(28)34;;;/h6-23,25,34H,4-5H2,1-3H3;2*1H;/q;;;+2/p-2. The molecular formula is C40H33Cl2Zr. The molecule has 211 valence electrons. The van der Waals surface area contributed by atoms with Gasteiger partial charge in [0.1, 0.15) is 0 Å². The molecule has 0 N–H and O–H groups in total. The molecule has 3 heteroatoms. The SMILES string of the molecule is CCc1ccc2c(c1)[C]([Zr+2])=c1c-2cc(=C(c2ccccc2)c2ccccc2)c(CC)c1C1C=Cc2ccc(C)cc21.[Cl-].[Cl-]. The van der Waals surface area contributed by atoms with Gasteiger partial charge in [-0.25, -0.2) is 0 Å². The van der Waals surface area contributed by atoms with E-state index in [4.69, 9.17) is 0 Å². The van der Waals surface area contributed by atoms with Crippen LogP contribution >= 0.6 is 0 Å². The van der Waals surface area contributed by atoms with Crippen LogP contribution in [0.25, 0.3) is 26.1 Å². The van der Waals surface area contributed by atoms with E-state index in [1.165, 1.54) is 105 Å². The quantitative estimate of drug-likeness (QED) is 0.268. The van der Waals surface area contributed by atoms with Gasteiger partial charge in [0.05, 0.1) is 0 Å². The maximum absolute atomic E-state index is 2.53. The minimum absolute atomic E-state index is 0. The minimum Gasteiger partial charge on any atom is -1.00 e. The van der Waals surface area contributed by atoms with Crippen molar-refractivity contribution in [1.29, 1.82) is 0 Å². The molecule has 0 amide bonds. The summed E-state index contributed by atoms with van der Waals surface area (Å²) in [6.45, 7) is 6.82. The molecule has 2 aliphatic rings. The molecule has 0 saturated heterocycles. The van der Waals surface area contributed by atoms with Gasteiger partial charge in [0.25, 0.3) is 0 Å². The first kappa shape index (κ1) is 31.5. The number of fused-ring (bicyclic) bond motifs is 4. The Hall–Kier alpha value is -2.96. The summed E-state index contributed by atoms with van der Waals surface area (Å²) >= 11 is 1.48. The molecule has 0 fully saturated rings. The first-order valence-electron chi connectivity index (χ1n) is 14.8. The zero-order valence-electron chi connectivity index (χ0n) is 24.7.